The van der Waals surface area contributed by atoms with E-state index < -0.39 is 14.9 Å². The Bertz CT molecular complexity index is 557. The van der Waals surface area contributed by atoms with E-state index in [9.17, 15) is 18.5 Å². The summed E-state index contributed by atoms with van der Waals surface area (Å²) in [6, 6.07) is 3.75. The Morgan fingerprint density at radius 2 is 2.00 bits per heavy atom. The molecular formula is C11H17N3O4S. The van der Waals surface area contributed by atoms with E-state index in [1.54, 1.807) is 7.05 Å². The van der Waals surface area contributed by atoms with Gasteiger partial charge in [-0.05, 0) is 39.1 Å². The summed E-state index contributed by atoms with van der Waals surface area (Å²) < 4.78 is 26.3. The topological polar surface area (TPSA) is 101 Å². The van der Waals surface area contributed by atoms with Gasteiger partial charge in [-0.2, -0.15) is 0 Å². The van der Waals surface area contributed by atoms with Crippen LogP contribution in [-0.4, -0.2) is 33.5 Å². The first-order chi connectivity index (χ1) is 8.88. The van der Waals surface area contributed by atoms with E-state index in [2.05, 4.69) is 10.0 Å². The third-order valence-corrected chi connectivity index (χ3v) is 4.03. The van der Waals surface area contributed by atoms with E-state index >= 15 is 0 Å². The largest absolute Gasteiger partial charge is 0.320 e. The average molecular weight is 287 g/mol. The molecule has 0 atom stereocenters. The summed E-state index contributed by atoms with van der Waals surface area (Å²) in [5.74, 6) is 0. The van der Waals surface area contributed by atoms with Crippen LogP contribution in [0.15, 0.2) is 23.1 Å². The molecule has 0 saturated carbocycles. The van der Waals surface area contributed by atoms with E-state index in [0.717, 1.165) is 0 Å². The molecule has 0 aromatic heterocycles. The summed E-state index contributed by atoms with van der Waals surface area (Å²) in [7, 11) is -1.82. The second-order valence-corrected chi connectivity index (χ2v) is 5.83. The molecule has 1 aromatic carbocycles. The third kappa shape index (κ3) is 4.27. The van der Waals surface area contributed by atoms with Crippen molar-refractivity contribution in [1.82, 2.24) is 10.0 Å². The van der Waals surface area contributed by atoms with Crippen LogP contribution in [0.1, 0.15) is 12.0 Å². The van der Waals surface area contributed by atoms with Crippen LogP contribution in [0.3, 0.4) is 0 Å². The molecule has 1 aromatic rings. The molecule has 8 heteroatoms. The average Bonchev–Trinajstić information content (AvgIpc) is 2.34. The standard InChI is InChI=1S/C11H17N3O4S/c1-9-8-10(4-5-11(9)14(15)16)19(17,18)13-7-3-6-12-2/h4-5,8,12-13H,3,6-7H2,1-2H3. The number of hydrogen-bond donors (Lipinski definition) is 2. The molecular weight excluding hydrogens is 270 g/mol. The van der Waals surface area contributed by atoms with Crippen LogP contribution in [0.4, 0.5) is 5.69 Å². The molecule has 19 heavy (non-hydrogen) atoms. The van der Waals surface area contributed by atoms with Crippen molar-refractivity contribution in [3.8, 4) is 0 Å². The van der Waals surface area contributed by atoms with Gasteiger partial charge in [0.05, 0.1) is 9.82 Å². The summed E-state index contributed by atoms with van der Waals surface area (Å²) in [6.07, 6.45) is 0.668. The van der Waals surface area contributed by atoms with Gasteiger partial charge in [-0.3, -0.25) is 10.1 Å². The highest BCUT2D eigenvalue weighted by Crippen LogP contribution is 2.21. The molecule has 0 aliphatic carbocycles. The first-order valence-electron chi connectivity index (χ1n) is 5.78. The lowest BCUT2D eigenvalue weighted by Crippen LogP contribution is -2.26. The van der Waals surface area contributed by atoms with Crippen molar-refractivity contribution in [2.75, 3.05) is 20.1 Å². The quantitative estimate of drug-likeness (QED) is 0.438. The molecule has 0 amide bonds. The second kappa shape index (κ2) is 6.60. The second-order valence-electron chi connectivity index (χ2n) is 4.06. The molecule has 106 valence electrons. The fourth-order valence-corrected chi connectivity index (χ4v) is 2.71. The van der Waals surface area contributed by atoms with Crippen molar-refractivity contribution >= 4 is 15.7 Å². The minimum atomic E-state index is -3.61. The van der Waals surface area contributed by atoms with Crippen LogP contribution in [-0.2, 0) is 10.0 Å². The van der Waals surface area contributed by atoms with Gasteiger partial charge >= 0.3 is 0 Å². The number of rotatable bonds is 7. The fraction of sp³-hybridized carbons (Fsp3) is 0.455. The fourth-order valence-electron chi connectivity index (χ4n) is 1.55. The lowest BCUT2D eigenvalue weighted by molar-refractivity contribution is -0.385. The highest BCUT2D eigenvalue weighted by Gasteiger charge is 2.17. The van der Waals surface area contributed by atoms with E-state index in [1.165, 1.54) is 25.1 Å². The van der Waals surface area contributed by atoms with Crippen LogP contribution < -0.4 is 10.0 Å². The molecule has 0 unspecified atom stereocenters. The summed E-state index contributed by atoms with van der Waals surface area (Å²) in [5.41, 5.74) is 0.234. The number of aryl methyl sites for hydroxylation is 1. The summed E-state index contributed by atoms with van der Waals surface area (Å²) in [6.45, 7) is 2.54. The maximum absolute atomic E-state index is 11.9. The monoisotopic (exact) mass is 287 g/mol. The molecule has 0 bridgehead atoms. The third-order valence-electron chi connectivity index (χ3n) is 2.57. The Labute approximate surface area is 112 Å². The Balaban J connectivity index is 2.84. The van der Waals surface area contributed by atoms with Crippen molar-refractivity contribution in [2.24, 2.45) is 0 Å². The molecule has 0 radical (unpaired) electrons. The first-order valence-corrected chi connectivity index (χ1v) is 7.26. The molecule has 1 rings (SSSR count). The van der Waals surface area contributed by atoms with E-state index in [-0.39, 0.29) is 10.6 Å². The van der Waals surface area contributed by atoms with Crippen LogP contribution >= 0.6 is 0 Å². The van der Waals surface area contributed by atoms with E-state index in [1.807, 2.05) is 0 Å². The molecule has 0 spiro atoms. The number of nitrogens with zero attached hydrogens (tertiary/aromatic N) is 1. The maximum atomic E-state index is 11.9. The summed E-state index contributed by atoms with van der Waals surface area (Å²) in [4.78, 5) is 10.2. The minimum Gasteiger partial charge on any atom is -0.320 e. The molecule has 7 nitrogen and oxygen atoms in total. The molecule has 0 aliphatic rings. The highest BCUT2D eigenvalue weighted by molar-refractivity contribution is 7.89. The smallest absolute Gasteiger partial charge is 0.272 e. The zero-order valence-electron chi connectivity index (χ0n) is 10.8. The van der Waals surface area contributed by atoms with Gasteiger partial charge in [0, 0.05) is 18.2 Å². The zero-order valence-corrected chi connectivity index (χ0v) is 11.7. The van der Waals surface area contributed by atoms with Gasteiger partial charge in [-0.25, -0.2) is 13.1 Å². The van der Waals surface area contributed by atoms with Gasteiger partial charge in [-0.15, -0.1) is 0 Å². The Morgan fingerprint density at radius 1 is 1.32 bits per heavy atom. The first kappa shape index (κ1) is 15.5. The zero-order chi connectivity index (χ0) is 14.5. The van der Waals surface area contributed by atoms with Gasteiger partial charge in [-0.1, -0.05) is 0 Å². The Kier molecular flexibility index (Phi) is 5.40. The number of nitrogens with one attached hydrogen (secondary N) is 2. The highest BCUT2D eigenvalue weighted by atomic mass is 32.2. The normalized spacial score (nSPS) is 11.5. The van der Waals surface area contributed by atoms with Crippen molar-refractivity contribution in [2.45, 2.75) is 18.2 Å². The number of hydrogen-bond acceptors (Lipinski definition) is 5. The van der Waals surface area contributed by atoms with Gasteiger partial charge < -0.3 is 5.32 Å². The predicted molar refractivity (Wildman–Crippen MR) is 71.6 cm³/mol. The number of nitro benzene ring substituents is 1. The molecule has 0 aliphatic heterocycles. The summed E-state index contributed by atoms with van der Waals surface area (Å²) >= 11 is 0. The van der Waals surface area contributed by atoms with Gasteiger partial charge in [0.25, 0.3) is 5.69 Å². The van der Waals surface area contributed by atoms with Crippen molar-refractivity contribution in [3.63, 3.8) is 0 Å². The summed E-state index contributed by atoms with van der Waals surface area (Å²) in [5, 5.41) is 13.6. The lowest BCUT2D eigenvalue weighted by Gasteiger charge is -2.07. The molecule has 0 fully saturated rings. The van der Waals surface area contributed by atoms with Gasteiger partial charge in [0.15, 0.2) is 0 Å². The lowest BCUT2D eigenvalue weighted by atomic mass is 10.2. The van der Waals surface area contributed by atoms with Crippen molar-refractivity contribution in [3.05, 3.63) is 33.9 Å². The number of benzene rings is 1. The van der Waals surface area contributed by atoms with Gasteiger partial charge in [0.2, 0.25) is 10.0 Å². The van der Waals surface area contributed by atoms with Crippen LogP contribution in [0.25, 0.3) is 0 Å². The van der Waals surface area contributed by atoms with Crippen LogP contribution in [0.5, 0.6) is 0 Å². The molecule has 0 heterocycles. The van der Waals surface area contributed by atoms with E-state index in [0.29, 0.717) is 25.1 Å². The number of nitro groups is 1. The Morgan fingerprint density at radius 3 is 2.53 bits per heavy atom. The molecule has 0 saturated heterocycles. The minimum absolute atomic E-state index is 0.0417. The maximum Gasteiger partial charge on any atom is 0.272 e. The van der Waals surface area contributed by atoms with Gasteiger partial charge in [0.1, 0.15) is 0 Å². The number of sulfonamides is 1. The van der Waals surface area contributed by atoms with Crippen LogP contribution in [0.2, 0.25) is 0 Å². The SMILES string of the molecule is CNCCCNS(=O)(=O)c1ccc([N+](=O)[O-])c(C)c1. The Hall–Kier alpha value is -1.51. The predicted octanol–water partition coefficient (Wildman–Crippen LogP) is 0.791. The van der Waals surface area contributed by atoms with Crippen molar-refractivity contribution in [1.29, 1.82) is 0 Å². The van der Waals surface area contributed by atoms with E-state index in [4.69, 9.17) is 0 Å². The molecule has 2 N–H and O–H groups in total. The van der Waals surface area contributed by atoms with Crippen molar-refractivity contribution < 1.29 is 13.3 Å². The van der Waals surface area contributed by atoms with Crippen LogP contribution in [0, 0.1) is 17.0 Å².